The van der Waals surface area contributed by atoms with Crippen LogP contribution in [0.15, 0.2) is 42.5 Å². The summed E-state index contributed by atoms with van der Waals surface area (Å²) in [5.41, 5.74) is 1.08. The minimum absolute atomic E-state index is 0.00195. The van der Waals surface area contributed by atoms with Gasteiger partial charge in [-0.05, 0) is 74.1 Å². The second kappa shape index (κ2) is 10.3. The van der Waals surface area contributed by atoms with E-state index >= 15 is 0 Å². The van der Waals surface area contributed by atoms with Gasteiger partial charge in [0.25, 0.3) is 11.8 Å². The minimum atomic E-state index is -0.424. The van der Waals surface area contributed by atoms with Gasteiger partial charge in [-0.25, -0.2) is 4.39 Å². The number of fused-ring (bicyclic) bond motifs is 2. The van der Waals surface area contributed by atoms with Crippen LogP contribution in [0.5, 0.6) is 5.75 Å². The number of ether oxygens (including phenoxy) is 2. The molecule has 0 spiro atoms. The molecule has 3 aliphatic rings. The third kappa shape index (κ3) is 5.51. The van der Waals surface area contributed by atoms with Gasteiger partial charge in [0, 0.05) is 24.8 Å². The molecule has 9 heteroatoms. The lowest BCUT2D eigenvalue weighted by atomic mass is 9.94. The third-order valence-electron chi connectivity index (χ3n) is 7.07. The highest BCUT2D eigenvalue weighted by molar-refractivity contribution is 6.05. The fraction of sp³-hybridized carbons (Fsp3) is 0.444. The Morgan fingerprint density at radius 2 is 1.86 bits per heavy atom. The summed E-state index contributed by atoms with van der Waals surface area (Å²) in [6, 6.07) is 9.93. The van der Waals surface area contributed by atoms with Gasteiger partial charge in [0.1, 0.15) is 24.3 Å². The molecule has 36 heavy (non-hydrogen) atoms. The predicted octanol–water partition coefficient (Wildman–Crippen LogP) is 3.37. The Bertz CT molecular complexity index is 1150. The van der Waals surface area contributed by atoms with Crippen LogP contribution in [0.4, 0.5) is 10.1 Å². The SMILES string of the molecule is CN1C(=O)c2cc(NC(=O)c3ccc(F)cc3)ccc2OC[C@@H]2O[C@@H](CC(=O)NCC3CC3)CC[C@H]21. The number of likely N-dealkylation sites (N-methyl/N-ethyl adjacent to an activating group) is 1. The van der Waals surface area contributed by atoms with Gasteiger partial charge >= 0.3 is 0 Å². The number of carbonyl (C=O) groups excluding carboxylic acids is 3. The van der Waals surface area contributed by atoms with Gasteiger partial charge in [-0.3, -0.25) is 14.4 Å². The maximum atomic E-state index is 13.4. The highest BCUT2D eigenvalue weighted by atomic mass is 19.1. The summed E-state index contributed by atoms with van der Waals surface area (Å²) in [7, 11) is 1.74. The number of rotatable bonds is 6. The molecule has 2 aromatic rings. The second-order valence-corrected chi connectivity index (χ2v) is 9.79. The maximum absolute atomic E-state index is 13.4. The van der Waals surface area contributed by atoms with Gasteiger partial charge in [-0.2, -0.15) is 0 Å². The van der Waals surface area contributed by atoms with Crippen molar-refractivity contribution in [2.24, 2.45) is 5.92 Å². The zero-order valence-corrected chi connectivity index (χ0v) is 20.2. The number of halogens is 1. The summed E-state index contributed by atoms with van der Waals surface area (Å²) in [5.74, 6) is -0.0370. The van der Waals surface area contributed by atoms with Crippen LogP contribution in [0.3, 0.4) is 0 Å². The highest BCUT2D eigenvalue weighted by Crippen LogP contribution is 2.33. The highest BCUT2D eigenvalue weighted by Gasteiger charge is 2.39. The largest absolute Gasteiger partial charge is 0.490 e. The van der Waals surface area contributed by atoms with Gasteiger partial charge in [-0.1, -0.05) is 0 Å². The standard InChI is InChI=1S/C27H30FN3O5/c1-31-22-10-9-20(13-25(32)29-14-16-2-3-16)36-24(22)15-35-23-11-8-19(12-21(23)27(31)34)30-26(33)17-4-6-18(28)7-5-17/h4-8,11-12,16,20,22,24H,2-3,9-10,13-15H2,1H3,(H,29,32)(H,30,33)/t20-,22-,24+/m1/s1. The molecule has 0 unspecified atom stereocenters. The molecule has 190 valence electrons. The fourth-order valence-corrected chi connectivity index (χ4v) is 4.77. The van der Waals surface area contributed by atoms with Crippen LogP contribution < -0.4 is 15.4 Å². The van der Waals surface area contributed by atoms with Gasteiger partial charge in [0.05, 0.1) is 24.1 Å². The molecule has 1 aliphatic carbocycles. The van der Waals surface area contributed by atoms with Crippen molar-refractivity contribution < 1.29 is 28.2 Å². The molecule has 0 aromatic heterocycles. The lowest BCUT2D eigenvalue weighted by molar-refractivity contribution is -0.134. The monoisotopic (exact) mass is 495 g/mol. The van der Waals surface area contributed by atoms with E-state index < -0.39 is 11.7 Å². The first kappa shape index (κ1) is 24.2. The fourth-order valence-electron chi connectivity index (χ4n) is 4.77. The first-order chi connectivity index (χ1) is 17.4. The lowest BCUT2D eigenvalue weighted by Gasteiger charge is -2.42. The van der Waals surface area contributed by atoms with Crippen LogP contribution in [0.2, 0.25) is 0 Å². The maximum Gasteiger partial charge on any atom is 0.257 e. The van der Waals surface area contributed by atoms with Crippen molar-refractivity contribution in [1.82, 2.24) is 10.2 Å². The molecule has 1 saturated carbocycles. The van der Waals surface area contributed by atoms with E-state index in [1.54, 1.807) is 30.1 Å². The Labute approximate surface area is 209 Å². The number of amides is 3. The second-order valence-electron chi connectivity index (χ2n) is 9.79. The Morgan fingerprint density at radius 3 is 2.61 bits per heavy atom. The minimum Gasteiger partial charge on any atom is -0.490 e. The van der Waals surface area contributed by atoms with E-state index in [4.69, 9.17) is 9.47 Å². The molecule has 2 aliphatic heterocycles. The number of nitrogens with one attached hydrogen (secondary N) is 2. The van der Waals surface area contributed by atoms with Gasteiger partial charge in [0.2, 0.25) is 5.91 Å². The predicted molar refractivity (Wildman–Crippen MR) is 130 cm³/mol. The van der Waals surface area contributed by atoms with Crippen molar-refractivity contribution in [2.75, 3.05) is 25.5 Å². The number of hydrogen-bond donors (Lipinski definition) is 2. The molecule has 0 bridgehead atoms. The zero-order valence-electron chi connectivity index (χ0n) is 20.2. The Kier molecular flexibility index (Phi) is 6.91. The van der Waals surface area contributed by atoms with Gasteiger partial charge in [0.15, 0.2) is 0 Å². The zero-order chi connectivity index (χ0) is 25.2. The van der Waals surface area contributed by atoms with Crippen molar-refractivity contribution in [3.8, 4) is 5.75 Å². The van der Waals surface area contributed by atoms with E-state index in [9.17, 15) is 18.8 Å². The molecule has 2 fully saturated rings. The van der Waals surface area contributed by atoms with Crippen LogP contribution >= 0.6 is 0 Å². The van der Waals surface area contributed by atoms with E-state index in [1.165, 1.54) is 37.1 Å². The molecular weight excluding hydrogens is 465 g/mol. The van der Waals surface area contributed by atoms with Crippen LogP contribution in [0, 0.1) is 11.7 Å². The molecule has 2 heterocycles. The first-order valence-corrected chi connectivity index (χ1v) is 12.4. The molecule has 2 aromatic carbocycles. The Hall–Kier alpha value is -3.46. The molecule has 3 atom stereocenters. The molecule has 5 rings (SSSR count). The number of carbonyl (C=O) groups is 3. The topological polar surface area (TPSA) is 97.0 Å². The summed E-state index contributed by atoms with van der Waals surface area (Å²) in [6.45, 7) is 0.984. The molecular formula is C27H30FN3O5. The average molecular weight is 496 g/mol. The van der Waals surface area contributed by atoms with E-state index in [0.717, 1.165) is 6.54 Å². The van der Waals surface area contributed by atoms with Crippen LogP contribution in [-0.4, -0.2) is 61.1 Å². The Morgan fingerprint density at radius 1 is 1.08 bits per heavy atom. The van der Waals surface area contributed by atoms with Crippen molar-refractivity contribution >= 4 is 23.4 Å². The number of nitrogens with zero attached hydrogens (tertiary/aromatic N) is 1. The van der Waals surface area contributed by atoms with Gasteiger partial charge in [-0.15, -0.1) is 0 Å². The van der Waals surface area contributed by atoms with E-state index in [2.05, 4.69) is 10.6 Å². The third-order valence-corrected chi connectivity index (χ3v) is 7.07. The normalized spacial score (nSPS) is 23.4. The van der Waals surface area contributed by atoms with E-state index in [-0.39, 0.29) is 36.7 Å². The summed E-state index contributed by atoms with van der Waals surface area (Å²) in [6.07, 6.45) is 3.50. The van der Waals surface area contributed by atoms with Crippen molar-refractivity contribution in [1.29, 1.82) is 0 Å². The number of benzene rings is 2. The van der Waals surface area contributed by atoms with E-state index in [0.29, 0.717) is 47.7 Å². The quantitative estimate of drug-likeness (QED) is 0.641. The van der Waals surface area contributed by atoms with Crippen molar-refractivity contribution in [3.05, 3.63) is 59.4 Å². The summed E-state index contributed by atoms with van der Waals surface area (Å²) in [5, 5.41) is 5.74. The van der Waals surface area contributed by atoms with Crippen LogP contribution in [0.1, 0.15) is 52.8 Å². The van der Waals surface area contributed by atoms with Crippen molar-refractivity contribution in [2.45, 2.75) is 50.4 Å². The first-order valence-electron chi connectivity index (χ1n) is 12.4. The molecule has 2 N–H and O–H groups in total. The van der Waals surface area contributed by atoms with Crippen LogP contribution in [-0.2, 0) is 9.53 Å². The summed E-state index contributed by atoms with van der Waals surface area (Å²) >= 11 is 0. The Balaban J connectivity index is 1.25. The summed E-state index contributed by atoms with van der Waals surface area (Å²) in [4.78, 5) is 39.9. The molecule has 3 amide bonds. The van der Waals surface area contributed by atoms with E-state index in [1.807, 2.05) is 0 Å². The number of hydrogen-bond acceptors (Lipinski definition) is 5. The summed E-state index contributed by atoms with van der Waals surface area (Å²) < 4.78 is 25.4. The average Bonchev–Trinajstić information content (AvgIpc) is 3.70. The van der Waals surface area contributed by atoms with Crippen LogP contribution in [0.25, 0.3) is 0 Å². The smallest absolute Gasteiger partial charge is 0.257 e. The molecule has 8 nitrogen and oxygen atoms in total. The van der Waals surface area contributed by atoms with Gasteiger partial charge < -0.3 is 25.0 Å². The van der Waals surface area contributed by atoms with Crippen molar-refractivity contribution in [3.63, 3.8) is 0 Å². The lowest BCUT2D eigenvalue weighted by Crippen LogP contribution is -2.54. The molecule has 0 radical (unpaired) electrons. The molecule has 1 saturated heterocycles. The number of anilines is 1.